The number of hydrogen-bond acceptors (Lipinski definition) is 3. The monoisotopic (exact) mass is 307 g/mol. The number of nitrogens with two attached hydrogens (primary N) is 1. The summed E-state index contributed by atoms with van der Waals surface area (Å²) in [6.07, 6.45) is 3.82. The summed E-state index contributed by atoms with van der Waals surface area (Å²) < 4.78 is 0. The number of carbonyl (C=O) groups is 1. The molecule has 1 heterocycles. The number of halogens is 1. The first-order valence-corrected chi connectivity index (χ1v) is 8.05. The third-order valence-corrected chi connectivity index (χ3v) is 4.90. The number of amides is 1. The van der Waals surface area contributed by atoms with Gasteiger partial charge in [-0.25, -0.2) is 0 Å². The zero-order valence-electron chi connectivity index (χ0n) is 12.2. The van der Waals surface area contributed by atoms with E-state index in [-0.39, 0.29) is 5.91 Å². The van der Waals surface area contributed by atoms with Crippen LogP contribution >= 0.6 is 11.6 Å². The molecule has 1 aromatic carbocycles. The SMILES string of the molecule is NC1(C(=O)N2CCN(c3cccc(Cl)c3)CC2)CCCC1. The lowest BCUT2D eigenvalue weighted by atomic mass is 9.97. The highest BCUT2D eigenvalue weighted by Gasteiger charge is 2.40. The fourth-order valence-electron chi connectivity index (χ4n) is 3.38. The molecule has 4 nitrogen and oxygen atoms in total. The molecule has 1 aliphatic heterocycles. The van der Waals surface area contributed by atoms with Crippen LogP contribution in [0.2, 0.25) is 5.02 Å². The van der Waals surface area contributed by atoms with Gasteiger partial charge in [0, 0.05) is 36.9 Å². The molecule has 5 heteroatoms. The first kappa shape index (κ1) is 14.7. The largest absolute Gasteiger partial charge is 0.368 e. The minimum absolute atomic E-state index is 0.144. The smallest absolute Gasteiger partial charge is 0.242 e. The number of rotatable bonds is 2. The number of hydrogen-bond donors (Lipinski definition) is 1. The van der Waals surface area contributed by atoms with Crippen molar-refractivity contribution in [2.24, 2.45) is 5.73 Å². The van der Waals surface area contributed by atoms with Crippen molar-refractivity contribution in [2.45, 2.75) is 31.2 Å². The number of benzene rings is 1. The zero-order chi connectivity index (χ0) is 14.9. The molecular weight excluding hydrogens is 286 g/mol. The Balaban J connectivity index is 1.61. The van der Waals surface area contributed by atoms with E-state index in [2.05, 4.69) is 11.0 Å². The molecule has 2 aliphatic rings. The Morgan fingerprint density at radius 1 is 1.14 bits per heavy atom. The topological polar surface area (TPSA) is 49.6 Å². The van der Waals surface area contributed by atoms with Gasteiger partial charge in [-0.3, -0.25) is 4.79 Å². The van der Waals surface area contributed by atoms with Gasteiger partial charge in [0.2, 0.25) is 5.91 Å². The quantitative estimate of drug-likeness (QED) is 0.912. The molecule has 0 aromatic heterocycles. The predicted molar refractivity (Wildman–Crippen MR) is 85.6 cm³/mol. The van der Waals surface area contributed by atoms with Crippen LogP contribution in [0.15, 0.2) is 24.3 Å². The summed E-state index contributed by atoms with van der Waals surface area (Å²) in [5.41, 5.74) is 6.80. The van der Waals surface area contributed by atoms with E-state index in [4.69, 9.17) is 17.3 Å². The Labute approximate surface area is 130 Å². The van der Waals surface area contributed by atoms with Crippen LogP contribution in [0.1, 0.15) is 25.7 Å². The highest BCUT2D eigenvalue weighted by molar-refractivity contribution is 6.30. The van der Waals surface area contributed by atoms with Gasteiger partial charge in [0.25, 0.3) is 0 Å². The summed E-state index contributed by atoms with van der Waals surface area (Å²) in [6.45, 7) is 3.15. The van der Waals surface area contributed by atoms with Crippen molar-refractivity contribution in [3.8, 4) is 0 Å². The van der Waals surface area contributed by atoms with E-state index in [0.717, 1.165) is 62.6 Å². The molecular formula is C16H22ClN3O. The van der Waals surface area contributed by atoms with Crippen LogP contribution in [0.5, 0.6) is 0 Å². The van der Waals surface area contributed by atoms with Crippen molar-refractivity contribution in [3.63, 3.8) is 0 Å². The Hall–Kier alpha value is -1.26. The van der Waals surface area contributed by atoms with E-state index in [1.807, 2.05) is 23.1 Å². The van der Waals surface area contributed by atoms with E-state index in [0.29, 0.717) is 0 Å². The summed E-state index contributed by atoms with van der Waals surface area (Å²) in [7, 11) is 0. The van der Waals surface area contributed by atoms with Gasteiger partial charge in [-0.2, -0.15) is 0 Å². The molecule has 0 unspecified atom stereocenters. The van der Waals surface area contributed by atoms with Crippen LogP contribution in [0.25, 0.3) is 0 Å². The lowest BCUT2D eigenvalue weighted by Crippen LogP contribution is -2.58. The maximum atomic E-state index is 12.6. The molecule has 0 radical (unpaired) electrons. The second kappa shape index (κ2) is 5.85. The van der Waals surface area contributed by atoms with E-state index >= 15 is 0 Å². The highest BCUT2D eigenvalue weighted by Crippen LogP contribution is 2.29. The van der Waals surface area contributed by atoms with Crippen molar-refractivity contribution >= 4 is 23.2 Å². The van der Waals surface area contributed by atoms with E-state index < -0.39 is 5.54 Å². The minimum Gasteiger partial charge on any atom is -0.368 e. The molecule has 21 heavy (non-hydrogen) atoms. The maximum Gasteiger partial charge on any atom is 0.242 e. The summed E-state index contributed by atoms with van der Waals surface area (Å²) in [5.74, 6) is 0.144. The van der Waals surface area contributed by atoms with Gasteiger partial charge < -0.3 is 15.5 Å². The normalized spacial score (nSPS) is 21.6. The average Bonchev–Trinajstić information content (AvgIpc) is 2.95. The van der Waals surface area contributed by atoms with E-state index in [9.17, 15) is 4.79 Å². The van der Waals surface area contributed by atoms with Crippen LogP contribution in [-0.4, -0.2) is 42.5 Å². The molecule has 1 saturated heterocycles. The van der Waals surface area contributed by atoms with Crippen LogP contribution in [-0.2, 0) is 4.79 Å². The molecule has 3 rings (SSSR count). The van der Waals surface area contributed by atoms with Crippen molar-refractivity contribution in [1.29, 1.82) is 0 Å². The van der Waals surface area contributed by atoms with Crippen LogP contribution in [0, 0.1) is 0 Å². The number of carbonyl (C=O) groups excluding carboxylic acids is 1. The maximum absolute atomic E-state index is 12.6. The summed E-state index contributed by atoms with van der Waals surface area (Å²) in [6, 6.07) is 7.87. The first-order valence-electron chi connectivity index (χ1n) is 7.67. The predicted octanol–water partition coefficient (Wildman–Crippen LogP) is 2.26. The molecule has 114 valence electrons. The van der Waals surface area contributed by atoms with Crippen LogP contribution in [0.4, 0.5) is 5.69 Å². The molecule has 2 fully saturated rings. The Morgan fingerprint density at radius 2 is 1.81 bits per heavy atom. The van der Waals surface area contributed by atoms with Crippen molar-refractivity contribution < 1.29 is 4.79 Å². The van der Waals surface area contributed by atoms with Gasteiger partial charge in [0.05, 0.1) is 5.54 Å². The third kappa shape index (κ3) is 3.01. The Morgan fingerprint density at radius 3 is 2.43 bits per heavy atom. The Kier molecular flexibility index (Phi) is 4.09. The number of nitrogens with zero attached hydrogens (tertiary/aromatic N) is 2. The third-order valence-electron chi connectivity index (χ3n) is 4.66. The number of anilines is 1. The fraction of sp³-hybridized carbons (Fsp3) is 0.562. The standard InChI is InChI=1S/C16H22ClN3O/c17-13-4-3-5-14(12-13)19-8-10-20(11-9-19)15(21)16(18)6-1-2-7-16/h3-5,12H,1-2,6-11,18H2. The lowest BCUT2D eigenvalue weighted by molar-refractivity contribution is -0.137. The molecule has 0 spiro atoms. The van der Waals surface area contributed by atoms with Crippen LogP contribution < -0.4 is 10.6 Å². The van der Waals surface area contributed by atoms with Crippen LogP contribution in [0.3, 0.4) is 0 Å². The summed E-state index contributed by atoms with van der Waals surface area (Å²) in [4.78, 5) is 16.8. The molecule has 1 amide bonds. The highest BCUT2D eigenvalue weighted by atomic mass is 35.5. The van der Waals surface area contributed by atoms with Crippen molar-refractivity contribution in [2.75, 3.05) is 31.1 Å². The molecule has 1 aliphatic carbocycles. The van der Waals surface area contributed by atoms with Crippen molar-refractivity contribution in [3.05, 3.63) is 29.3 Å². The number of piperazine rings is 1. The molecule has 0 atom stereocenters. The lowest BCUT2D eigenvalue weighted by Gasteiger charge is -2.39. The first-order chi connectivity index (χ1) is 10.1. The van der Waals surface area contributed by atoms with Gasteiger partial charge >= 0.3 is 0 Å². The average molecular weight is 308 g/mol. The summed E-state index contributed by atoms with van der Waals surface area (Å²) in [5, 5.41) is 0.748. The molecule has 1 saturated carbocycles. The van der Waals surface area contributed by atoms with E-state index in [1.54, 1.807) is 0 Å². The van der Waals surface area contributed by atoms with E-state index in [1.165, 1.54) is 0 Å². The molecule has 1 aromatic rings. The second-order valence-electron chi connectivity index (χ2n) is 6.12. The minimum atomic E-state index is -0.599. The molecule has 2 N–H and O–H groups in total. The fourth-order valence-corrected chi connectivity index (χ4v) is 3.56. The van der Waals surface area contributed by atoms with Gasteiger partial charge in [-0.05, 0) is 31.0 Å². The second-order valence-corrected chi connectivity index (χ2v) is 6.56. The summed E-state index contributed by atoms with van der Waals surface area (Å²) >= 11 is 6.04. The van der Waals surface area contributed by atoms with Gasteiger partial charge in [0.15, 0.2) is 0 Å². The van der Waals surface area contributed by atoms with Gasteiger partial charge in [0.1, 0.15) is 0 Å². The van der Waals surface area contributed by atoms with Gasteiger partial charge in [-0.1, -0.05) is 30.5 Å². The van der Waals surface area contributed by atoms with Crippen molar-refractivity contribution in [1.82, 2.24) is 4.90 Å². The zero-order valence-corrected chi connectivity index (χ0v) is 13.0. The molecule has 0 bridgehead atoms. The van der Waals surface area contributed by atoms with Gasteiger partial charge in [-0.15, -0.1) is 0 Å². The Bertz CT molecular complexity index is 520.